The van der Waals surface area contributed by atoms with Gasteiger partial charge in [0.2, 0.25) is 11.8 Å². The summed E-state index contributed by atoms with van der Waals surface area (Å²) in [6.45, 7) is 0.293. The van der Waals surface area contributed by atoms with E-state index in [1.54, 1.807) is 12.3 Å². The van der Waals surface area contributed by atoms with E-state index in [0.717, 1.165) is 5.56 Å². The molecule has 0 amide bonds. The normalized spacial score (nSPS) is 10.7. The van der Waals surface area contributed by atoms with Crippen molar-refractivity contribution >= 4 is 28.6 Å². The van der Waals surface area contributed by atoms with Gasteiger partial charge in [-0.1, -0.05) is 29.8 Å². The van der Waals surface area contributed by atoms with Crippen molar-refractivity contribution in [1.29, 1.82) is 0 Å². The third kappa shape index (κ3) is 2.36. The number of halogens is 1. The highest BCUT2D eigenvalue weighted by molar-refractivity contribution is 6.31. The number of nitrogens with two attached hydrogens (primary N) is 1. The van der Waals surface area contributed by atoms with Gasteiger partial charge in [-0.15, -0.1) is 0 Å². The SMILES string of the molecule is NNc1nc(OCc2ccccc2Cl)c2cn[nH]c2n1. The minimum Gasteiger partial charge on any atom is -0.472 e. The summed E-state index contributed by atoms with van der Waals surface area (Å²) in [5, 5.41) is 7.97. The number of benzene rings is 1. The van der Waals surface area contributed by atoms with Crippen molar-refractivity contribution < 1.29 is 4.74 Å². The zero-order chi connectivity index (χ0) is 13.9. The van der Waals surface area contributed by atoms with Gasteiger partial charge in [0, 0.05) is 10.6 Å². The molecule has 0 radical (unpaired) electrons. The molecule has 3 rings (SSSR count). The van der Waals surface area contributed by atoms with E-state index in [-0.39, 0.29) is 5.95 Å². The quantitative estimate of drug-likeness (QED) is 0.501. The van der Waals surface area contributed by atoms with Gasteiger partial charge in [-0.25, -0.2) is 5.84 Å². The van der Waals surface area contributed by atoms with Gasteiger partial charge < -0.3 is 4.74 Å². The second-order valence-electron chi connectivity index (χ2n) is 4.01. The molecule has 2 heterocycles. The van der Waals surface area contributed by atoms with Crippen molar-refractivity contribution in [1.82, 2.24) is 20.2 Å². The van der Waals surface area contributed by atoms with Crippen LogP contribution in [0.5, 0.6) is 5.88 Å². The van der Waals surface area contributed by atoms with Crippen molar-refractivity contribution in [3.8, 4) is 5.88 Å². The molecule has 0 atom stereocenters. The highest BCUT2D eigenvalue weighted by Crippen LogP contribution is 2.24. The summed E-state index contributed by atoms with van der Waals surface area (Å²) in [6.07, 6.45) is 1.59. The predicted octanol–water partition coefficient (Wildman–Crippen LogP) is 1.87. The Labute approximate surface area is 119 Å². The fourth-order valence-corrected chi connectivity index (χ4v) is 1.93. The molecular formula is C12H11ClN6O. The second kappa shape index (κ2) is 5.32. The van der Waals surface area contributed by atoms with Crippen molar-refractivity contribution in [2.24, 2.45) is 5.84 Å². The molecule has 7 nitrogen and oxygen atoms in total. The Bertz CT molecular complexity index is 744. The topological polar surface area (TPSA) is 102 Å². The minimum atomic E-state index is 0.246. The Balaban J connectivity index is 1.90. The number of nitrogens with zero attached hydrogens (tertiary/aromatic N) is 3. The summed E-state index contributed by atoms with van der Waals surface area (Å²) in [5.74, 6) is 5.96. The first-order chi connectivity index (χ1) is 9.78. The molecule has 1 aromatic carbocycles. The Morgan fingerprint density at radius 3 is 2.95 bits per heavy atom. The molecule has 4 N–H and O–H groups in total. The molecular weight excluding hydrogens is 280 g/mol. The summed E-state index contributed by atoms with van der Waals surface area (Å²) >= 11 is 6.08. The average molecular weight is 291 g/mol. The lowest BCUT2D eigenvalue weighted by Crippen LogP contribution is -2.11. The van der Waals surface area contributed by atoms with Crippen LogP contribution in [0, 0.1) is 0 Å². The van der Waals surface area contributed by atoms with Crippen LogP contribution in [-0.2, 0) is 6.61 Å². The third-order valence-corrected chi connectivity index (χ3v) is 3.09. The number of H-pyrrole nitrogens is 1. The summed E-state index contributed by atoms with van der Waals surface area (Å²) < 4.78 is 5.70. The van der Waals surface area contributed by atoms with Crippen molar-refractivity contribution in [2.75, 3.05) is 5.43 Å². The molecule has 0 saturated heterocycles. The van der Waals surface area contributed by atoms with E-state index < -0.39 is 0 Å². The van der Waals surface area contributed by atoms with E-state index in [4.69, 9.17) is 22.2 Å². The molecule has 102 valence electrons. The third-order valence-electron chi connectivity index (χ3n) is 2.73. The van der Waals surface area contributed by atoms with Crippen LogP contribution in [0.15, 0.2) is 30.5 Å². The van der Waals surface area contributed by atoms with E-state index in [0.29, 0.717) is 28.5 Å². The average Bonchev–Trinajstić information content (AvgIpc) is 2.94. The van der Waals surface area contributed by atoms with Gasteiger partial charge >= 0.3 is 0 Å². The standard InChI is InChI=1S/C12H11ClN6O/c13-9-4-2-1-3-7(9)6-20-11-8-5-15-19-10(8)16-12(17-11)18-14/h1-5H,6,14H2,(H2,15,16,17,18,19). The lowest BCUT2D eigenvalue weighted by atomic mass is 10.2. The highest BCUT2D eigenvalue weighted by atomic mass is 35.5. The van der Waals surface area contributed by atoms with Crippen LogP contribution in [0.4, 0.5) is 5.95 Å². The number of rotatable bonds is 4. The summed E-state index contributed by atoms with van der Waals surface area (Å²) in [6, 6.07) is 7.45. The van der Waals surface area contributed by atoms with E-state index in [1.165, 1.54) is 0 Å². The fourth-order valence-electron chi connectivity index (χ4n) is 1.74. The molecule has 0 saturated carbocycles. The van der Waals surface area contributed by atoms with Crippen LogP contribution in [0.2, 0.25) is 5.02 Å². The monoisotopic (exact) mass is 290 g/mol. The summed E-state index contributed by atoms with van der Waals surface area (Å²) in [5.41, 5.74) is 3.79. The van der Waals surface area contributed by atoms with Crippen LogP contribution in [0.25, 0.3) is 11.0 Å². The molecule has 20 heavy (non-hydrogen) atoms. The molecule has 0 unspecified atom stereocenters. The van der Waals surface area contributed by atoms with Gasteiger partial charge in [-0.3, -0.25) is 10.5 Å². The Morgan fingerprint density at radius 2 is 2.15 bits per heavy atom. The molecule has 0 spiro atoms. The van der Waals surface area contributed by atoms with Crippen LogP contribution in [-0.4, -0.2) is 20.2 Å². The zero-order valence-electron chi connectivity index (χ0n) is 10.3. The maximum Gasteiger partial charge on any atom is 0.242 e. The predicted molar refractivity (Wildman–Crippen MR) is 75.3 cm³/mol. The van der Waals surface area contributed by atoms with E-state index in [9.17, 15) is 0 Å². The van der Waals surface area contributed by atoms with Gasteiger partial charge in [0.05, 0.1) is 6.20 Å². The molecule has 0 aliphatic heterocycles. The summed E-state index contributed by atoms with van der Waals surface area (Å²) in [7, 11) is 0. The van der Waals surface area contributed by atoms with Gasteiger partial charge in [-0.05, 0) is 6.07 Å². The fraction of sp³-hybridized carbons (Fsp3) is 0.0833. The van der Waals surface area contributed by atoms with Gasteiger partial charge in [0.1, 0.15) is 12.0 Å². The molecule has 0 aliphatic carbocycles. The minimum absolute atomic E-state index is 0.246. The lowest BCUT2D eigenvalue weighted by Gasteiger charge is -2.08. The van der Waals surface area contributed by atoms with Crippen molar-refractivity contribution in [3.63, 3.8) is 0 Å². The number of anilines is 1. The van der Waals surface area contributed by atoms with Crippen LogP contribution in [0.1, 0.15) is 5.56 Å². The van der Waals surface area contributed by atoms with Crippen LogP contribution < -0.4 is 16.0 Å². The summed E-state index contributed by atoms with van der Waals surface area (Å²) in [4.78, 5) is 8.28. The molecule has 8 heteroatoms. The maximum atomic E-state index is 6.08. The number of fused-ring (bicyclic) bond motifs is 1. The second-order valence-corrected chi connectivity index (χ2v) is 4.42. The van der Waals surface area contributed by atoms with E-state index >= 15 is 0 Å². The zero-order valence-corrected chi connectivity index (χ0v) is 11.1. The highest BCUT2D eigenvalue weighted by Gasteiger charge is 2.11. The first kappa shape index (κ1) is 12.6. The molecule has 3 aromatic rings. The Morgan fingerprint density at radius 1 is 1.30 bits per heavy atom. The number of aromatic nitrogens is 4. The first-order valence-corrected chi connectivity index (χ1v) is 6.19. The number of nitrogen functional groups attached to an aromatic ring is 1. The van der Waals surface area contributed by atoms with Gasteiger partial charge in [0.15, 0.2) is 5.65 Å². The first-order valence-electron chi connectivity index (χ1n) is 5.82. The molecule has 0 fully saturated rings. The van der Waals surface area contributed by atoms with Gasteiger partial charge in [0.25, 0.3) is 0 Å². The number of aromatic amines is 1. The number of hydrazine groups is 1. The lowest BCUT2D eigenvalue weighted by molar-refractivity contribution is 0.298. The van der Waals surface area contributed by atoms with E-state index in [2.05, 4.69) is 25.6 Å². The van der Waals surface area contributed by atoms with E-state index in [1.807, 2.05) is 18.2 Å². The number of hydrogen-bond acceptors (Lipinski definition) is 6. The van der Waals surface area contributed by atoms with Crippen molar-refractivity contribution in [3.05, 3.63) is 41.0 Å². The Kier molecular flexibility index (Phi) is 3.36. The smallest absolute Gasteiger partial charge is 0.242 e. The van der Waals surface area contributed by atoms with Crippen molar-refractivity contribution in [2.45, 2.75) is 6.61 Å². The maximum absolute atomic E-state index is 6.08. The number of nitrogens with one attached hydrogen (secondary N) is 2. The molecule has 0 aliphatic rings. The number of hydrogen-bond donors (Lipinski definition) is 3. The molecule has 2 aromatic heterocycles. The number of ether oxygens (including phenoxy) is 1. The largest absolute Gasteiger partial charge is 0.472 e. The van der Waals surface area contributed by atoms with Crippen LogP contribution in [0.3, 0.4) is 0 Å². The Hall–Kier alpha value is -2.38. The molecule has 0 bridgehead atoms. The van der Waals surface area contributed by atoms with Gasteiger partial charge in [-0.2, -0.15) is 15.1 Å². The van der Waals surface area contributed by atoms with Crippen LogP contribution >= 0.6 is 11.6 Å².